The van der Waals surface area contributed by atoms with Crippen LogP contribution in [0.4, 0.5) is 0 Å². The number of rotatable bonds is 4. The van der Waals surface area contributed by atoms with E-state index in [0.717, 1.165) is 43.8 Å². The number of nitrogens with zero attached hydrogens (tertiary/aromatic N) is 2. The van der Waals surface area contributed by atoms with E-state index in [4.69, 9.17) is 19.5 Å². The molecule has 0 unspecified atom stereocenters. The van der Waals surface area contributed by atoms with Gasteiger partial charge in [0, 0.05) is 45.0 Å². The van der Waals surface area contributed by atoms with Gasteiger partial charge in [-0.15, -0.1) is 0 Å². The molecule has 10 heteroatoms. The van der Waals surface area contributed by atoms with Crippen LogP contribution < -0.4 is 0 Å². The van der Waals surface area contributed by atoms with Crippen LogP contribution in [0.25, 0.3) is 32.7 Å². The van der Waals surface area contributed by atoms with Gasteiger partial charge in [0.05, 0.1) is 48.2 Å². The van der Waals surface area contributed by atoms with E-state index in [1.165, 1.54) is 14.2 Å². The van der Waals surface area contributed by atoms with Gasteiger partial charge < -0.3 is 19.4 Å². The van der Waals surface area contributed by atoms with E-state index in [9.17, 15) is 9.59 Å². The summed E-state index contributed by atoms with van der Waals surface area (Å²) >= 11 is 0. The monoisotopic (exact) mass is 884 g/mol. The molecule has 5 heterocycles. The minimum absolute atomic E-state index is 0.0990. The number of esters is 2. The Hall–Kier alpha value is -9.02. The maximum absolute atomic E-state index is 15.6. The lowest BCUT2D eigenvalue weighted by Gasteiger charge is -2.28. The Morgan fingerprint density at radius 3 is 1.32 bits per heavy atom. The second kappa shape index (κ2) is 14.2. The molecule has 6 aromatic carbocycles. The third-order valence-corrected chi connectivity index (χ3v) is 14.3. The van der Waals surface area contributed by atoms with Gasteiger partial charge in [0.1, 0.15) is 10.8 Å². The van der Waals surface area contributed by atoms with E-state index in [1.54, 1.807) is 24.3 Å². The molecule has 324 valence electrons. The van der Waals surface area contributed by atoms with Crippen LogP contribution in [0, 0.1) is 0 Å². The zero-order chi connectivity index (χ0) is 46.1. The van der Waals surface area contributed by atoms with Gasteiger partial charge >= 0.3 is 11.9 Å². The van der Waals surface area contributed by atoms with Crippen LogP contribution in [0.15, 0.2) is 191 Å². The van der Waals surface area contributed by atoms with Gasteiger partial charge in [0.2, 0.25) is 0 Å². The molecule has 2 aliphatic carbocycles. The fourth-order valence-electron chi connectivity index (χ4n) is 11.3. The Morgan fingerprint density at radius 1 is 0.471 bits per heavy atom. The number of benzene rings is 6. The van der Waals surface area contributed by atoms with Crippen LogP contribution in [0.1, 0.15) is 86.5 Å². The molecule has 0 amide bonds. The highest BCUT2D eigenvalue weighted by molar-refractivity contribution is 6.46. The highest BCUT2D eigenvalue weighted by Gasteiger charge is 2.56. The molecule has 8 aromatic rings. The first-order chi connectivity index (χ1) is 33.2. The number of methoxy groups -OCH3 is 2. The summed E-state index contributed by atoms with van der Waals surface area (Å²) in [6.45, 7) is 0. The molecule has 2 aromatic heterocycles. The van der Waals surface area contributed by atoms with Gasteiger partial charge in [-0.2, -0.15) is 0 Å². The third kappa shape index (κ3) is 5.11. The van der Waals surface area contributed by atoms with E-state index in [0.29, 0.717) is 79.0 Å². The molecule has 0 fully saturated rings. The molecule has 2 N–H and O–H groups in total. The van der Waals surface area contributed by atoms with E-state index >= 15 is 9.59 Å². The Kier molecular flexibility index (Phi) is 8.24. The average Bonchev–Trinajstić information content (AvgIpc) is 4.27. The smallest absolute Gasteiger partial charge is 0.337 e. The number of hydrogen-bond donors (Lipinski definition) is 2. The van der Waals surface area contributed by atoms with Crippen molar-refractivity contribution in [1.29, 1.82) is 0 Å². The Bertz CT molecular complexity index is 3670. The quantitative estimate of drug-likeness (QED) is 0.169. The van der Waals surface area contributed by atoms with Gasteiger partial charge in [0.15, 0.2) is 11.6 Å². The van der Waals surface area contributed by atoms with Crippen molar-refractivity contribution in [2.45, 2.75) is 10.8 Å². The van der Waals surface area contributed by atoms with Crippen molar-refractivity contribution in [2.24, 2.45) is 9.98 Å². The van der Waals surface area contributed by atoms with Gasteiger partial charge in [-0.05, 0) is 117 Å². The van der Waals surface area contributed by atoms with E-state index in [2.05, 4.69) is 9.97 Å². The number of allylic oxidation sites excluding steroid dienone is 4. The number of fused-ring (bicyclic) bond motifs is 12. The number of Topliss-reactive ketones (excluding diaryl/α,β-unsaturated/α-hetero) is 2. The number of aliphatic imine (C=N–C) groups is 2. The summed E-state index contributed by atoms with van der Waals surface area (Å²) < 4.78 is 10.1. The van der Waals surface area contributed by atoms with Crippen LogP contribution in [0.5, 0.6) is 0 Å². The Balaban J connectivity index is 1.14. The molecule has 5 aliphatic rings. The zero-order valence-corrected chi connectivity index (χ0v) is 36.5. The standard InChI is InChI=1S/C58H36N4O6/c1-67-55(65)35-19-15-33(16-20-35)51-41-23-27-45(59-41)57(39-13-5-9-31-7-3-11-37(49(31)39)53(57)63)47-29-25-43(61-47)52(34-17-21-36(22-18-34)56(66)68-2)44-26-30-48(62-44)58(46-28-24-42(51)60-46)40-14-6-10-32-8-4-12-38(50(32)40)54(58)64/h3-30,59,61H,1-2H3/b51-42-,52-44-. The number of ketones is 2. The highest BCUT2D eigenvalue weighted by Crippen LogP contribution is 2.52. The van der Waals surface area contributed by atoms with Crippen molar-refractivity contribution in [3.05, 3.63) is 249 Å². The number of H-pyrrole nitrogens is 2. The average molecular weight is 885 g/mol. The number of ether oxygens (including phenoxy) is 2. The second-order valence-corrected chi connectivity index (χ2v) is 17.5. The Labute approximate surface area is 388 Å². The maximum atomic E-state index is 15.6. The molecule has 0 saturated carbocycles. The summed E-state index contributed by atoms with van der Waals surface area (Å²) in [5.41, 5.74) is 8.25. The lowest BCUT2D eigenvalue weighted by Crippen LogP contribution is -2.46. The molecule has 0 radical (unpaired) electrons. The van der Waals surface area contributed by atoms with Crippen molar-refractivity contribution in [3.8, 4) is 0 Å². The maximum Gasteiger partial charge on any atom is 0.337 e. The second-order valence-electron chi connectivity index (χ2n) is 17.5. The predicted octanol–water partition coefficient (Wildman–Crippen LogP) is 10.4. The van der Waals surface area contributed by atoms with Crippen LogP contribution in [0.3, 0.4) is 0 Å². The summed E-state index contributed by atoms with van der Waals surface area (Å²) in [4.78, 5) is 75.0. The number of nitrogens with one attached hydrogen (secondary N) is 2. The molecule has 13 rings (SSSR count). The summed E-state index contributed by atoms with van der Waals surface area (Å²) in [6.07, 6.45) is 7.65. The molecule has 3 aliphatic heterocycles. The molecule has 68 heavy (non-hydrogen) atoms. The van der Waals surface area contributed by atoms with Crippen molar-refractivity contribution < 1.29 is 28.7 Å². The van der Waals surface area contributed by atoms with E-state index < -0.39 is 22.8 Å². The lowest BCUT2D eigenvalue weighted by molar-refractivity contribution is 0.0592. The van der Waals surface area contributed by atoms with Gasteiger partial charge in [0.25, 0.3) is 0 Å². The molecule has 10 nitrogen and oxygen atoms in total. The molecule has 8 bridgehead atoms. The minimum Gasteiger partial charge on any atom is -0.465 e. The SMILES string of the molecule is COC(=O)c1ccc(/C2=C3\C=CC(=N3)C3(C(=O)c4cccc5cccc3c45)C3=N/C(=C(/c4ccc(C(=O)OC)cc4)c4ccc([nH]4)C4(C(=O)c5cccc6cccc4c56)c4ccc2[nH]4)C=C3)cc1. The number of aromatic amines is 2. The highest BCUT2D eigenvalue weighted by atomic mass is 16.5. The summed E-state index contributed by atoms with van der Waals surface area (Å²) in [7, 11) is 2.70. The number of aromatic nitrogens is 2. The molecule has 0 atom stereocenters. The summed E-state index contributed by atoms with van der Waals surface area (Å²) in [6, 6.07) is 45.7. The predicted molar refractivity (Wildman–Crippen MR) is 260 cm³/mol. The van der Waals surface area contributed by atoms with E-state index in [-0.39, 0.29) is 11.6 Å². The topological polar surface area (TPSA) is 143 Å². The van der Waals surface area contributed by atoms with Crippen LogP contribution >= 0.6 is 0 Å². The summed E-state index contributed by atoms with van der Waals surface area (Å²) in [5, 5.41) is 3.60. The molecular formula is C58H36N4O6. The van der Waals surface area contributed by atoms with Crippen molar-refractivity contribution >= 4 is 67.6 Å². The first-order valence-electron chi connectivity index (χ1n) is 22.2. The number of carbonyl (C=O) groups is 4. The number of hydrogen-bond acceptors (Lipinski definition) is 8. The fourth-order valence-corrected chi connectivity index (χ4v) is 11.3. The molecule has 2 spiro atoms. The largest absolute Gasteiger partial charge is 0.465 e. The Morgan fingerprint density at radius 2 is 0.882 bits per heavy atom. The third-order valence-electron chi connectivity index (χ3n) is 14.3. The van der Waals surface area contributed by atoms with Gasteiger partial charge in [-0.1, -0.05) is 97.1 Å². The van der Waals surface area contributed by atoms with Crippen molar-refractivity contribution in [1.82, 2.24) is 9.97 Å². The summed E-state index contributed by atoms with van der Waals surface area (Å²) in [5.74, 6) is -1.18. The van der Waals surface area contributed by atoms with Crippen molar-refractivity contribution in [3.63, 3.8) is 0 Å². The number of carbonyl (C=O) groups excluding carboxylic acids is 4. The van der Waals surface area contributed by atoms with Crippen molar-refractivity contribution in [2.75, 3.05) is 14.2 Å². The first-order valence-corrected chi connectivity index (χ1v) is 22.2. The van der Waals surface area contributed by atoms with Gasteiger partial charge in [-0.3, -0.25) is 19.6 Å². The van der Waals surface area contributed by atoms with Crippen LogP contribution in [0.2, 0.25) is 0 Å². The molecule has 0 saturated heterocycles. The minimum atomic E-state index is -1.46. The molecular weight excluding hydrogens is 849 g/mol. The normalized spacial score (nSPS) is 21.7. The van der Waals surface area contributed by atoms with E-state index in [1.807, 2.05) is 146 Å². The van der Waals surface area contributed by atoms with Crippen LogP contribution in [-0.4, -0.2) is 59.1 Å². The first kappa shape index (κ1) is 39.4. The lowest BCUT2D eigenvalue weighted by atomic mass is 9.71. The van der Waals surface area contributed by atoms with Crippen LogP contribution in [-0.2, 0) is 20.3 Å². The fraction of sp³-hybridized carbons (Fsp3) is 0.0690. The van der Waals surface area contributed by atoms with Gasteiger partial charge in [-0.25, -0.2) is 9.59 Å². The zero-order valence-electron chi connectivity index (χ0n) is 36.5.